The van der Waals surface area contributed by atoms with Crippen LogP contribution in [0.3, 0.4) is 0 Å². The van der Waals surface area contributed by atoms with Crippen LogP contribution in [0.15, 0.2) is 60.7 Å². The summed E-state index contributed by atoms with van der Waals surface area (Å²) in [5, 5.41) is 9.20. The first-order valence-corrected chi connectivity index (χ1v) is 10.9. The van der Waals surface area contributed by atoms with E-state index in [0.29, 0.717) is 35.4 Å². The van der Waals surface area contributed by atoms with E-state index < -0.39 is 5.97 Å². The molecule has 1 unspecified atom stereocenters. The van der Waals surface area contributed by atoms with E-state index in [4.69, 9.17) is 4.74 Å². The van der Waals surface area contributed by atoms with E-state index in [0.717, 1.165) is 16.7 Å². The maximum atomic E-state index is 14.7. The van der Waals surface area contributed by atoms with Gasteiger partial charge in [0.05, 0.1) is 19.4 Å². The van der Waals surface area contributed by atoms with Gasteiger partial charge in [0.15, 0.2) is 0 Å². The molecule has 0 saturated heterocycles. The third-order valence-corrected chi connectivity index (χ3v) is 6.25. The van der Waals surface area contributed by atoms with Crippen molar-refractivity contribution in [2.24, 2.45) is 0 Å². The smallest absolute Gasteiger partial charge is 0.307 e. The number of nitrogens with zero attached hydrogens (tertiary/aromatic N) is 1. The Bertz CT molecular complexity index is 1190. The minimum Gasteiger partial charge on any atom is -0.496 e. The lowest BCUT2D eigenvalue weighted by Gasteiger charge is -2.33. The number of carboxylic acids is 1. The zero-order valence-electron chi connectivity index (χ0n) is 18.7. The molecule has 3 aromatic rings. The molecule has 4 rings (SSSR count). The van der Waals surface area contributed by atoms with Crippen molar-refractivity contribution in [3.63, 3.8) is 0 Å². The number of benzene rings is 3. The molecular weight excluding hydrogens is 421 g/mol. The molecule has 1 aliphatic rings. The Morgan fingerprint density at radius 3 is 2.52 bits per heavy atom. The van der Waals surface area contributed by atoms with Crippen molar-refractivity contribution in [2.75, 3.05) is 13.7 Å². The first-order chi connectivity index (χ1) is 15.9. The summed E-state index contributed by atoms with van der Waals surface area (Å²) in [5.74, 6) is -0.970. The number of hydrogen-bond donors (Lipinski definition) is 1. The van der Waals surface area contributed by atoms with Gasteiger partial charge in [-0.05, 0) is 59.4 Å². The Morgan fingerprint density at radius 1 is 1.06 bits per heavy atom. The van der Waals surface area contributed by atoms with Gasteiger partial charge in [0.25, 0.3) is 0 Å². The first kappa shape index (κ1) is 22.5. The van der Waals surface area contributed by atoms with Gasteiger partial charge in [-0.1, -0.05) is 42.5 Å². The molecule has 170 valence electrons. The number of amides is 1. The van der Waals surface area contributed by atoms with E-state index in [1.165, 1.54) is 6.07 Å². The van der Waals surface area contributed by atoms with E-state index in [1.807, 2.05) is 37.3 Å². The highest BCUT2D eigenvalue weighted by molar-refractivity contribution is 5.84. The summed E-state index contributed by atoms with van der Waals surface area (Å²) in [5.41, 5.74) is 4.34. The molecule has 1 amide bonds. The van der Waals surface area contributed by atoms with E-state index in [-0.39, 0.29) is 30.6 Å². The number of carbonyl (C=O) groups is 2. The SMILES string of the molecule is COc1ccc(CC(=O)O)cc1-c1ccc(F)c2c1CN(C(=O)C(C)c1ccccc1)CC2. The summed E-state index contributed by atoms with van der Waals surface area (Å²) >= 11 is 0. The second kappa shape index (κ2) is 9.45. The molecule has 1 atom stereocenters. The summed E-state index contributed by atoms with van der Waals surface area (Å²) in [6, 6.07) is 17.9. The molecule has 0 aliphatic carbocycles. The molecule has 0 spiro atoms. The number of methoxy groups -OCH3 is 1. The summed E-state index contributed by atoms with van der Waals surface area (Å²) in [7, 11) is 1.54. The topological polar surface area (TPSA) is 66.8 Å². The number of aliphatic carboxylic acids is 1. The van der Waals surface area contributed by atoms with Gasteiger partial charge in [-0.25, -0.2) is 4.39 Å². The molecule has 0 radical (unpaired) electrons. The molecule has 1 N–H and O–H groups in total. The third-order valence-electron chi connectivity index (χ3n) is 6.25. The molecule has 6 heteroatoms. The maximum Gasteiger partial charge on any atom is 0.307 e. The zero-order chi connectivity index (χ0) is 23.5. The van der Waals surface area contributed by atoms with Crippen LogP contribution in [0.4, 0.5) is 4.39 Å². The molecule has 3 aromatic carbocycles. The highest BCUT2D eigenvalue weighted by Gasteiger charge is 2.29. The number of carbonyl (C=O) groups excluding carboxylic acids is 1. The molecule has 0 aromatic heterocycles. The molecule has 5 nitrogen and oxygen atoms in total. The predicted octanol–water partition coefficient (Wildman–Crippen LogP) is 4.82. The number of halogens is 1. The molecule has 33 heavy (non-hydrogen) atoms. The Labute approximate surface area is 192 Å². The Hall–Kier alpha value is -3.67. The van der Waals surface area contributed by atoms with Crippen molar-refractivity contribution in [1.82, 2.24) is 4.90 Å². The van der Waals surface area contributed by atoms with Crippen LogP contribution in [-0.4, -0.2) is 35.5 Å². The van der Waals surface area contributed by atoms with Crippen molar-refractivity contribution >= 4 is 11.9 Å². The van der Waals surface area contributed by atoms with Gasteiger partial charge in [0.1, 0.15) is 11.6 Å². The highest BCUT2D eigenvalue weighted by atomic mass is 19.1. The van der Waals surface area contributed by atoms with Crippen LogP contribution in [0.5, 0.6) is 5.75 Å². The molecule has 0 saturated carbocycles. The second-order valence-electron chi connectivity index (χ2n) is 8.30. The normalized spacial score (nSPS) is 13.8. The number of fused-ring (bicyclic) bond motifs is 1. The van der Waals surface area contributed by atoms with Crippen LogP contribution in [-0.2, 0) is 29.0 Å². The van der Waals surface area contributed by atoms with Gasteiger partial charge in [-0.3, -0.25) is 9.59 Å². The number of rotatable bonds is 6. The fourth-order valence-corrected chi connectivity index (χ4v) is 4.48. The summed E-state index contributed by atoms with van der Waals surface area (Å²) in [6.45, 7) is 2.61. The summed E-state index contributed by atoms with van der Waals surface area (Å²) in [4.78, 5) is 26.3. The minimum atomic E-state index is -0.932. The number of ether oxygens (including phenoxy) is 1. The van der Waals surface area contributed by atoms with E-state index in [9.17, 15) is 19.1 Å². The summed E-state index contributed by atoms with van der Waals surface area (Å²) < 4.78 is 20.3. The average molecular weight is 448 g/mol. The fourth-order valence-electron chi connectivity index (χ4n) is 4.48. The molecular formula is C27H26FNO4. The Kier molecular flexibility index (Phi) is 6.45. The molecule has 1 aliphatic heterocycles. The highest BCUT2D eigenvalue weighted by Crippen LogP contribution is 2.38. The monoisotopic (exact) mass is 447 g/mol. The van der Waals surface area contributed by atoms with Crippen molar-refractivity contribution in [2.45, 2.75) is 32.2 Å². The lowest BCUT2D eigenvalue weighted by molar-refractivity contribution is -0.136. The van der Waals surface area contributed by atoms with Gasteiger partial charge in [-0.15, -0.1) is 0 Å². The second-order valence-corrected chi connectivity index (χ2v) is 8.30. The van der Waals surface area contributed by atoms with Gasteiger partial charge in [0.2, 0.25) is 5.91 Å². The van der Waals surface area contributed by atoms with Gasteiger partial charge in [0, 0.05) is 18.7 Å². The quantitative estimate of drug-likeness (QED) is 0.589. The van der Waals surface area contributed by atoms with E-state index in [1.54, 1.807) is 36.3 Å². The van der Waals surface area contributed by atoms with Crippen LogP contribution in [0, 0.1) is 5.82 Å². The minimum absolute atomic E-state index is 0.00588. The van der Waals surface area contributed by atoms with E-state index >= 15 is 0 Å². The molecule has 0 bridgehead atoms. The van der Waals surface area contributed by atoms with Crippen LogP contribution in [0.1, 0.15) is 35.1 Å². The van der Waals surface area contributed by atoms with Crippen LogP contribution >= 0.6 is 0 Å². The van der Waals surface area contributed by atoms with Crippen LogP contribution < -0.4 is 4.74 Å². The molecule has 1 heterocycles. The standard InChI is InChI=1S/C27H26FNO4/c1-17(19-6-4-3-5-7-19)27(32)29-13-12-21-23(16-29)20(9-10-24(21)28)22-14-18(15-26(30)31)8-11-25(22)33-2/h3-11,14,17H,12-13,15-16H2,1-2H3,(H,30,31). The van der Waals surface area contributed by atoms with Crippen LogP contribution in [0.25, 0.3) is 11.1 Å². The average Bonchev–Trinajstić information content (AvgIpc) is 2.83. The van der Waals surface area contributed by atoms with Crippen molar-refractivity contribution in [1.29, 1.82) is 0 Å². The van der Waals surface area contributed by atoms with Gasteiger partial charge < -0.3 is 14.7 Å². The lowest BCUT2D eigenvalue weighted by Crippen LogP contribution is -2.39. The largest absolute Gasteiger partial charge is 0.496 e. The van der Waals surface area contributed by atoms with Gasteiger partial charge >= 0.3 is 5.97 Å². The third kappa shape index (κ3) is 4.60. The summed E-state index contributed by atoms with van der Waals surface area (Å²) in [6.07, 6.45) is 0.291. The van der Waals surface area contributed by atoms with E-state index in [2.05, 4.69) is 0 Å². The maximum absolute atomic E-state index is 14.7. The van der Waals surface area contributed by atoms with Crippen molar-refractivity contribution in [3.8, 4) is 16.9 Å². The first-order valence-electron chi connectivity index (χ1n) is 10.9. The predicted molar refractivity (Wildman–Crippen MR) is 124 cm³/mol. The van der Waals surface area contributed by atoms with Gasteiger partial charge in [-0.2, -0.15) is 0 Å². The number of carboxylic acid groups (broad SMARTS) is 1. The lowest BCUT2D eigenvalue weighted by atomic mass is 9.88. The number of hydrogen-bond acceptors (Lipinski definition) is 3. The Morgan fingerprint density at radius 2 is 1.82 bits per heavy atom. The Balaban J connectivity index is 1.73. The zero-order valence-corrected chi connectivity index (χ0v) is 18.7. The van der Waals surface area contributed by atoms with Crippen LogP contribution in [0.2, 0.25) is 0 Å². The molecule has 0 fully saturated rings. The van der Waals surface area contributed by atoms with Crippen molar-refractivity contribution < 1.29 is 23.8 Å². The van der Waals surface area contributed by atoms with Crippen molar-refractivity contribution in [3.05, 3.63) is 88.7 Å². The fraction of sp³-hybridized carbons (Fsp3) is 0.259.